The Bertz CT molecular complexity index is 743. The number of ether oxygens (including phenoxy) is 1. The summed E-state index contributed by atoms with van der Waals surface area (Å²) in [6.45, 7) is 2.53. The van der Waals surface area contributed by atoms with Gasteiger partial charge < -0.3 is 10.1 Å². The molecule has 0 fully saturated rings. The minimum absolute atomic E-state index is 0.102. The third-order valence-electron chi connectivity index (χ3n) is 3.47. The number of benzene rings is 1. The third kappa shape index (κ3) is 5.12. The highest BCUT2D eigenvalue weighted by Crippen LogP contribution is 2.15. The monoisotopic (exact) mass is 348 g/mol. The Kier molecular flexibility index (Phi) is 6.24. The van der Waals surface area contributed by atoms with Crippen molar-refractivity contribution >= 4 is 17.7 Å². The van der Waals surface area contributed by atoms with Gasteiger partial charge in [0, 0.05) is 13.6 Å². The van der Waals surface area contributed by atoms with Crippen LogP contribution in [0.4, 0.5) is 10.2 Å². The van der Waals surface area contributed by atoms with Gasteiger partial charge in [-0.25, -0.2) is 9.18 Å². The topological polar surface area (TPSA) is 76.5 Å². The van der Waals surface area contributed by atoms with Crippen molar-refractivity contribution in [2.75, 3.05) is 25.5 Å². The van der Waals surface area contributed by atoms with E-state index in [0.717, 1.165) is 5.56 Å². The molecule has 0 aliphatic rings. The van der Waals surface area contributed by atoms with Gasteiger partial charge in [0.15, 0.2) is 0 Å². The predicted octanol–water partition coefficient (Wildman–Crippen LogP) is 1.81. The molecule has 1 N–H and O–H groups in total. The van der Waals surface area contributed by atoms with Crippen LogP contribution in [0.5, 0.6) is 0 Å². The summed E-state index contributed by atoms with van der Waals surface area (Å²) in [6, 6.07) is 6.10. The molecule has 1 aromatic heterocycles. The number of anilines is 1. The lowest BCUT2D eigenvalue weighted by atomic mass is 10.2. The van der Waals surface area contributed by atoms with E-state index in [1.807, 2.05) is 0 Å². The molecule has 2 aromatic rings. The van der Waals surface area contributed by atoms with Gasteiger partial charge in [-0.3, -0.25) is 14.4 Å². The number of aryl methyl sites for hydroxylation is 1. The first-order valence-electron chi connectivity index (χ1n) is 7.82. The molecule has 0 unspecified atom stereocenters. The van der Waals surface area contributed by atoms with Crippen molar-refractivity contribution in [3.8, 4) is 0 Å². The highest BCUT2D eigenvalue weighted by Gasteiger charge is 2.19. The van der Waals surface area contributed by atoms with Crippen LogP contribution >= 0.6 is 0 Å². The second kappa shape index (κ2) is 8.39. The van der Waals surface area contributed by atoms with E-state index in [9.17, 15) is 14.0 Å². The summed E-state index contributed by atoms with van der Waals surface area (Å²) in [5, 5.41) is 6.66. The summed E-state index contributed by atoms with van der Waals surface area (Å²) >= 11 is 0. The number of nitrogens with one attached hydrogen (secondary N) is 1. The molecule has 0 aliphatic carbocycles. The Morgan fingerprint density at radius 2 is 2.00 bits per heavy atom. The molecule has 2 rings (SSSR count). The number of hydrogen-bond acceptors (Lipinski definition) is 5. The first-order chi connectivity index (χ1) is 11.9. The lowest BCUT2D eigenvalue weighted by Crippen LogP contribution is -2.31. The number of halogens is 1. The van der Waals surface area contributed by atoms with Gasteiger partial charge in [-0.1, -0.05) is 12.1 Å². The summed E-state index contributed by atoms with van der Waals surface area (Å²) in [6.07, 6.45) is 1.36. The standard InChI is InChI=1S/C17H21FN4O3/c1-4-25-17(24)14-9-19-22(3)16(14)20-15(23)11-21(2)10-12-5-7-13(18)8-6-12/h5-9H,4,10-11H2,1-3H3,(H,20,23). The van der Waals surface area contributed by atoms with E-state index < -0.39 is 5.97 Å². The molecule has 0 saturated carbocycles. The summed E-state index contributed by atoms with van der Waals surface area (Å²) in [5.74, 6) is -0.838. The number of esters is 1. The summed E-state index contributed by atoms with van der Waals surface area (Å²) in [7, 11) is 3.40. The van der Waals surface area contributed by atoms with Crippen LogP contribution in [-0.2, 0) is 23.1 Å². The molecule has 25 heavy (non-hydrogen) atoms. The Hall–Kier alpha value is -2.74. The molecule has 0 atom stereocenters. The van der Waals surface area contributed by atoms with Crippen LogP contribution in [0, 0.1) is 5.82 Å². The molecule has 134 valence electrons. The van der Waals surface area contributed by atoms with Gasteiger partial charge >= 0.3 is 5.97 Å². The maximum atomic E-state index is 12.9. The van der Waals surface area contributed by atoms with Crippen LogP contribution in [0.25, 0.3) is 0 Å². The summed E-state index contributed by atoms with van der Waals surface area (Å²) < 4.78 is 19.3. The van der Waals surface area contributed by atoms with Gasteiger partial charge in [0.1, 0.15) is 17.2 Å². The number of carbonyl (C=O) groups excluding carboxylic acids is 2. The Balaban J connectivity index is 1.97. The number of carbonyl (C=O) groups is 2. The first-order valence-corrected chi connectivity index (χ1v) is 7.82. The fourth-order valence-electron chi connectivity index (χ4n) is 2.32. The van der Waals surface area contributed by atoms with Gasteiger partial charge in [0.2, 0.25) is 5.91 Å². The molecule has 1 amide bonds. The Labute approximate surface area is 145 Å². The SMILES string of the molecule is CCOC(=O)c1cnn(C)c1NC(=O)CN(C)Cc1ccc(F)cc1. The zero-order chi connectivity index (χ0) is 18.4. The van der Waals surface area contributed by atoms with Crippen molar-refractivity contribution in [3.63, 3.8) is 0 Å². The van der Waals surface area contributed by atoms with Gasteiger partial charge in [-0.2, -0.15) is 5.10 Å². The van der Waals surface area contributed by atoms with Crippen molar-refractivity contribution in [1.29, 1.82) is 0 Å². The second-order valence-corrected chi connectivity index (χ2v) is 5.60. The highest BCUT2D eigenvalue weighted by molar-refractivity contribution is 6.00. The molecule has 1 heterocycles. The molecular weight excluding hydrogens is 327 g/mol. The van der Waals surface area contributed by atoms with Gasteiger partial charge in [-0.15, -0.1) is 0 Å². The number of hydrogen-bond donors (Lipinski definition) is 1. The molecule has 0 spiro atoms. The number of amides is 1. The molecule has 8 heteroatoms. The molecular formula is C17H21FN4O3. The van der Waals surface area contributed by atoms with E-state index in [1.165, 1.54) is 23.0 Å². The van der Waals surface area contributed by atoms with Gasteiger partial charge in [0.25, 0.3) is 0 Å². The average Bonchev–Trinajstić information content (AvgIpc) is 2.90. The summed E-state index contributed by atoms with van der Waals surface area (Å²) in [5.41, 5.74) is 1.10. The normalized spacial score (nSPS) is 10.8. The van der Waals surface area contributed by atoms with E-state index in [4.69, 9.17) is 4.74 Å². The molecule has 7 nitrogen and oxygen atoms in total. The minimum Gasteiger partial charge on any atom is -0.462 e. The first kappa shape index (κ1) is 18.6. The van der Waals surface area contributed by atoms with E-state index in [0.29, 0.717) is 12.4 Å². The molecule has 1 aromatic carbocycles. The van der Waals surface area contributed by atoms with Crippen molar-refractivity contribution < 1.29 is 18.7 Å². The minimum atomic E-state index is -0.537. The van der Waals surface area contributed by atoms with Gasteiger partial charge in [0.05, 0.1) is 19.3 Å². The largest absolute Gasteiger partial charge is 0.462 e. The summed E-state index contributed by atoms with van der Waals surface area (Å²) in [4.78, 5) is 25.9. The van der Waals surface area contributed by atoms with Crippen LogP contribution in [0.15, 0.2) is 30.5 Å². The fraction of sp³-hybridized carbons (Fsp3) is 0.353. The van der Waals surface area contributed by atoms with Crippen molar-refractivity contribution in [3.05, 3.63) is 47.4 Å². The second-order valence-electron chi connectivity index (χ2n) is 5.60. The number of nitrogens with zero attached hydrogens (tertiary/aromatic N) is 3. The van der Waals surface area contributed by atoms with Crippen LogP contribution in [-0.4, -0.2) is 46.8 Å². The van der Waals surface area contributed by atoms with E-state index in [2.05, 4.69) is 10.4 Å². The molecule has 0 bridgehead atoms. The van der Waals surface area contributed by atoms with Crippen molar-refractivity contribution in [2.45, 2.75) is 13.5 Å². The number of aromatic nitrogens is 2. The Morgan fingerprint density at radius 1 is 1.32 bits per heavy atom. The third-order valence-corrected chi connectivity index (χ3v) is 3.47. The highest BCUT2D eigenvalue weighted by atomic mass is 19.1. The van der Waals surface area contributed by atoms with Crippen LogP contribution in [0.2, 0.25) is 0 Å². The van der Waals surface area contributed by atoms with Crippen LogP contribution < -0.4 is 5.32 Å². The molecule has 0 aliphatic heterocycles. The maximum Gasteiger partial charge on any atom is 0.343 e. The number of rotatable bonds is 7. The van der Waals surface area contributed by atoms with Crippen LogP contribution in [0.3, 0.4) is 0 Å². The van der Waals surface area contributed by atoms with Gasteiger partial charge in [-0.05, 0) is 31.7 Å². The zero-order valence-corrected chi connectivity index (χ0v) is 14.5. The van der Waals surface area contributed by atoms with Crippen molar-refractivity contribution in [1.82, 2.24) is 14.7 Å². The smallest absolute Gasteiger partial charge is 0.343 e. The zero-order valence-electron chi connectivity index (χ0n) is 14.5. The quantitative estimate of drug-likeness (QED) is 0.772. The van der Waals surface area contributed by atoms with E-state index in [1.54, 1.807) is 38.1 Å². The maximum absolute atomic E-state index is 12.9. The average molecular weight is 348 g/mol. The van der Waals surface area contributed by atoms with E-state index in [-0.39, 0.29) is 30.4 Å². The molecule has 0 radical (unpaired) electrons. The fourth-order valence-corrected chi connectivity index (χ4v) is 2.32. The lowest BCUT2D eigenvalue weighted by molar-refractivity contribution is -0.117. The van der Waals surface area contributed by atoms with Crippen LogP contribution in [0.1, 0.15) is 22.8 Å². The predicted molar refractivity (Wildman–Crippen MR) is 90.5 cm³/mol. The number of likely N-dealkylation sites (N-methyl/N-ethyl adjacent to an activating group) is 1. The van der Waals surface area contributed by atoms with E-state index >= 15 is 0 Å². The lowest BCUT2D eigenvalue weighted by Gasteiger charge is -2.16. The Morgan fingerprint density at radius 3 is 2.64 bits per heavy atom. The van der Waals surface area contributed by atoms with Crippen molar-refractivity contribution in [2.24, 2.45) is 7.05 Å². The molecule has 0 saturated heterocycles.